The van der Waals surface area contributed by atoms with Gasteiger partial charge in [0.25, 0.3) is 0 Å². The fraction of sp³-hybridized carbons (Fsp3) is 0.333. The summed E-state index contributed by atoms with van der Waals surface area (Å²) < 4.78 is 0. The second-order valence-corrected chi connectivity index (χ2v) is 12.7. The van der Waals surface area contributed by atoms with E-state index in [2.05, 4.69) is 88.5 Å². The number of rotatable bonds is 2. The van der Waals surface area contributed by atoms with Crippen molar-refractivity contribution in [2.75, 3.05) is 0 Å². The van der Waals surface area contributed by atoms with E-state index in [0.717, 1.165) is 10.8 Å². The number of allylic oxidation sites excluding steroid dienone is 1. The van der Waals surface area contributed by atoms with E-state index in [-0.39, 0.29) is 5.41 Å². The van der Waals surface area contributed by atoms with Gasteiger partial charge in [0, 0.05) is 5.54 Å². The molecule has 0 bridgehead atoms. The van der Waals surface area contributed by atoms with Crippen LogP contribution < -0.4 is 5.19 Å². The van der Waals surface area contributed by atoms with Crippen LogP contribution in [0.1, 0.15) is 43.0 Å². The number of fused-ring (bicyclic) bond motifs is 1. The Bertz CT molecular complexity index is 766. The first-order valence-electron chi connectivity index (χ1n) is 8.33. The van der Waals surface area contributed by atoms with Crippen molar-refractivity contribution >= 4 is 19.3 Å². The lowest BCUT2D eigenvalue weighted by atomic mass is 9.86. The minimum atomic E-state index is -1.89. The number of phenols is 1. The molecule has 0 saturated heterocycles. The molecule has 1 N–H and O–H groups in total. The molecule has 1 aliphatic rings. The van der Waals surface area contributed by atoms with Crippen molar-refractivity contribution in [2.24, 2.45) is 0 Å². The number of benzene rings is 2. The van der Waals surface area contributed by atoms with Gasteiger partial charge in [0.1, 0.15) is 5.75 Å². The number of hydrogen-bond donors (Lipinski definition) is 1. The van der Waals surface area contributed by atoms with Crippen LogP contribution in [0.15, 0.2) is 48.5 Å². The molecule has 0 amide bonds. The maximum Gasteiger partial charge on any atom is 0.118 e. The molecule has 1 atom stereocenters. The van der Waals surface area contributed by atoms with Crippen LogP contribution in [-0.4, -0.2) is 13.2 Å². The smallest absolute Gasteiger partial charge is 0.118 e. The molecule has 23 heavy (non-hydrogen) atoms. The van der Waals surface area contributed by atoms with E-state index in [1.807, 2.05) is 0 Å². The van der Waals surface area contributed by atoms with Crippen LogP contribution >= 0.6 is 0 Å². The molecule has 0 aromatic heterocycles. The molecule has 120 valence electrons. The third-order valence-electron chi connectivity index (χ3n) is 5.12. The van der Waals surface area contributed by atoms with E-state index in [1.54, 1.807) is 0 Å². The molecule has 2 aromatic rings. The van der Waals surface area contributed by atoms with Crippen molar-refractivity contribution in [3.63, 3.8) is 0 Å². The number of para-hydroxylation sites is 1. The Morgan fingerprint density at radius 2 is 1.65 bits per heavy atom. The zero-order valence-corrected chi connectivity index (χ0v) is 15.7. The van der Waals surface area contributed by atoms with Gasteiger partial charge in [-0.2, -0.15) is 0 Å². The lowest BCUT2D eigenvalue weighted by Crippen LogP contribution is -2.47. The van der Waals surface area contributed by atoms with Gasteiger partial charge in [-0.05, 0) is 27.3 Å². The molecule has 0 radical (unpaired) electrons. The average Bonchev–Trinajstić information content (AvgIpc) is 2.90. The fourth-order valence-electron chi connectivity index (χ4n) is 3.71. The predicted octanol–water partition coefficient (Wildman–Crippen LogP) is 4.95. The van der Waals surface area contributed by atoms with Gasteiger partial charge < -0.3 is 5.11 Å². The van der Waals surface area contributed by atoms with Crippen LogP contribution in [0.3, 0.4) is 0 Å². The van der Waals surface area contributed by atoms with Crippen LogP contribution in [-0.2, 0) is 5.41 Å². The molecule has 0 fully saturated rings. The maximum atomic E-state index is 11.0. The fourth-order valence-corrected chi connectivity index (χ4v) is 6.94. The minimum Gasteiger partial charge on any atom is -0.508 e. The highest BCUT2D eigenvalue weighted by atomic mass is 28.3. The van der Waals surface area contributed by atoms with E-state index >= 15 is 0 Å². The predicted molar refractivity (Wildman–Crippen MR) is 102 cm³/mol. The number of phenolic OH excluding ortho intramolecular Hbond substituents is 1. The van der Waals surface area contributed by atoms with Crippen LogP contribution in [0, 0.1) is 0 Å². The lowest BCUT2D eigenvalue weighted by Gasteiger charge is -2.32. The highest BCUT2D eigenvalue weighted by molar-refractivity contribution is 6.92. The normalized spacial score (nSPS) is 17.3. The first-order chi connectivity index (χ1) is 10.7. The molecule has 0 saturated carbocycles. The van der Waals surface area contributed by atoms with E-state index < -0.39 is 8.07 Å². The third kappa shape index (κ3) is 2.65. The van der Waals surface area contributed by atoms with Crippen molar-refractivity contribution in [1.82, 2.24) is 0 Å². The van der Waals surface area contributed by atoms with E-state index in [1.165, 1.54) is 11.1 Å². The molecule has 1 nitrogen and oxygen atoms in total. The highest BCUT2D eigenvalue weighted by Gasteiger charge is 2.38. The highest BCUT2D eigenvalue weighted by Crippen LogP contribution is 2.39. The minimum absolute atomic E-state index is 0.0476. The SMILES string of the molecule is CC(C)(C)c1cccc([Si](C)(C)C2C=Cc3ccccc32)c1O. The molecule has 1 unspecified atom stereocenters. The quantitative estimate of drug-likeness (QED) is 0.775. The van der Waals surface area contributed by atoms with Gasteiger partial charge in [-0.1, -0.05) is 88.5 Å². The Morgan fingerprint density at radius 1 is 0.957 bits per heavy atom. The molecule has 2 aromatic carbocycles. The van der Waals surface area contributed by atoms with Crippen molar-refractivity contribution in [3.05, 3.63) is 65.2 Å². The average molecular weight is 323 g/mol. The Morgan fingerprint density at radius 3 is 2.35 bits per heavy atom. The maximum absolute atomic E-state index is 11.0. The van der Waals surface area contributed by atoms with Crippen LogP contribution in [0.2, 0.25) is 13.1 Å². The van der Waals surface area contributed by atoms with E-state index in [9.17, 15) is 5.11 Å². The van der Waals surface area contributed by atoms with Crippen molar-refractivity contribution in [2.45, 2.75) is 44.8 Å². The van der Waals surface area contributed by atoms with E-state index in [4.69, 9.17) is 0 Å². The Hall–Kier alpha value is -1.80. The summed E-state index contributed by atoms with van der Waals surface area (Å²) >= 11 is 0. The van der Waals surface area contributed by atoms with Crippen LogP contribution in [0.5, 0.6) is 5.75 Å². The van der Waals surface area contributed by atoms with Crippen molar-refractivity contribution in [1.29, 1.82) is 0 Å². The summed E-state index contributed by atoms with van der Waals surface area (Å²) in [5.74, 6) is 0.509. The molecule has 1 aliphatic carbocycles. The Labute approximate surface area is 140 Å². The van der Waals surface area contributed by atoms with Gasteiger partial charge in [0.05, 0.1) is 8.07 Å². The van der Waals surface area contributed by atoms with Crippen LogP contribution in [0.4, 0.5) is 0 Å². The van der Waals surface area contributed by atoms with Gasteiger partial charge in [-0.3, -0.25) is 0 Å². The number of hydrogen-bond acceptors (Lipinski definition) is 1. The summed E-state index contributed by atoms with van der Waals surface area (Å²) in [5.41, 5.74) is 4.15. The van der Waals surface area contributed by atoms with E-state index in [0.29, 0.717) is 11.3 Å². The standard InChI is InChI=1S/C21H26OSi/c1-21(2,3)17-11-8-12-19(20(17)22)23(4,5)18-14-13-15-9-6-7-10-16(15)18/h6-14,18,22H,1-5H3. The topological polar surface area (TPSA) is 20.2 Å². The first-order valence-corrected chi connectivity index (χ1v) is 11.4. The zero-order valence-electron chi connectivity index (χ0n) is 14.7. The summed E-state index contributed by atoms with van der Waals surface area (Å²) in [6, 6.07) is 14.9. The Kier molecular flexibility index (Phi) is 3.76. The molecular weight excluding hydrogens is 296 g/mol. The monoisotopic (exact) mass is 322 g/mol. The molecule has 2 heteroatoms. The van der Waals surface area contributed by atoms with Crippen molar-refractivity contribution in [3.8, 4) is 5.75 Å². The summed E-state index contributed by atoms with van der Waals surface area (Å²) in [6.45, 7) is 11.2. The zero-order chi connectivity index (χ0) is 16.8. The van der Waals surface area contributed by atoms with Crippen LogP contribution in [0.25, 0.3) is 6.08 Å². The lowest BCUT2D eigenvalue weighted by molar-refractivity contribution is 0.450. The molecular formula is C21H26OSi. The summed E-state index contributed by atoms with van der Waals surface area (Å²) in [6.07, 6.45) is 4.57. The van der Waals surface area contributed by atoms with Gasteiger partial charge >= 0.3 is 0 Å². The van der Waals surface area contributed by atoms with Gasteiger partial charge in [-0.25, -0.2) is 0 Å². The van der Waals surface area contributed by atoms with Gasteiger partial charge in [-0.15, -0.1) is 0 Å². The largest absolute Gasteiger partial charge is 0.508 e. The third-order valence-corrected chi connectivity index (χ3v) is 8.97. The summed E-state index contributed by atoms with van der Waals surface area (Å²) in [7, 11) is -1.89. The summed E-state index contributed by atoms with van der Waals surface area (Å²) in [4.78, 5) is 0. The summed E-state index contributed by atoms with van der Waals surface area (Å²) in [5, 5.41) is 12.1. The van der Waals surface area contributed by atoms with Gasteiger partial charge in [0.15, 0.2) is 0 Å². The first kappa shape index (κ1) is 16.1. The second-order valence-electron chi connectivity index (χ2n) is 8.14. The molecule has 3 rings (SSSR count). The van der Waals surface area contributed by atoms with Crippen molar-refractivity contribution < 1.29 is 5.11 Å². The Balaban J connectivity index is 2.10. The molecule has 0 heterocycles. The second kappa shape index (κ2) is 5.38. The van der Waals surface area contributed by atoms with Gasteiger partial charge in [0.2, 0.25) is 0 Å². The molecule has 0 spiro atoms. The molecule has 0 aliphatic heterocycles. The number of aromatic hydroxyl groups is 1.